The monoisotopic (exact) mass is 331 g/mol. The third-order valence-electron chi connectivity index (χ3n) is 3.76. The molecule has 0 aliphatic heterocycles. The molecule has 0 fully saturated rings. The first kappa shape index (κ1) is 13.5. The first-order chi connectivity index (χ1) is 9.43. The van der Waals surface area contributed by atoms with Crippen LogP contribution in [-0.4, -0.2) is 0 Å². The number of hydrogen-bond donors (Lipinski definition) is 0. The normalized spacial score (nSPS) is 12.2. The van der Waals surface area contributed by atoms with Gasteiger partial charge in [0.2, 0.25) is 0 Å². The maximum Gasteiger partial charge on any atom is 0.0131 e. The molecule has 0 nitrogen and oxygen atoms in total. The van der Waals surface area contributed by atoms with E-state index in [-0.39, 0.29) is 26.2 Å². The van der Waals surface area contributed by atoms with Crippen molar-refractivity contribution in [1.29, 1.82) is 0 Å². The molecule has 1 aliphatic rings. The van der Waals surface area contributed by atoms with E-state index >= 15 is 0 Å². The summed E-state index contributed by atoms with van der Waals surface area (Å²) >= 11 is 0. The summed E-state index contributed by atoms with van der Waals surface area (Å²) in [5.41, 5.74) is 5.28. The van der Waals surface area contributed by atoms with E-state index in [9.17, 15) is 0 Å². The zero-order chi connectivity index (χ0) is 12.7. The molecule has 3 aromatic rings. The summed E-state index contributed by atoms with van der Waals surface area (Å²) in [6.07, 6.45) is 6.50. The maximum absolute atomic E-state index is 2.21. The molecule has 20 heavy (non-hydrogen) atoms. The molecule has 93 valence electrons. The SMILES string of the molecule is [CH]1C=Cc2c1cccc2-c1cccc2ccccc12.[Zr]. The van der Waals surface area contributed by atoms with Gasteiger partial charge in [-0.3, -0.25) is 0 Å². The van der Waals surface area contributed by atoms with Gasteiger partial charge in [-0.2, -0.15) is 0 Å². The van der Waals surface area contributed by atoms with Crippen LogP contribution in [-0.2, 0) is 26.2 Å². The van der Waals surface area contributed by atoms with E-state index in [1.807, 2.05) is 0 Å². The Hall–Kier alpha value is -1.46. The smallest absolute Gasteiger partial charge is 0.0131 e. The molecule has 1 radical (unpaired) electrons. The first-order valence-corrected chi connectivity index (χ1v) is 6.56. The molecule has 0 amide bonds. The third-order valence-corrected chi connectivity index (χ3v) is 3.76. The summed E-state index contributed by atoms with van der Waals surface area (Å²) in [6.45, 7) is 0. The molecule has 3 aromatic carbocycles. The van der Waals surface area contributed by atoms with Gasteiger partial charge >= 0.3 is 0 Å². The number of allylic oxidation sites excluding steroid dienone is 1. The molecule has 0 heterocycles. The van der Waals surface area contributed by atoms with E-state index in [2.05, 4.69) is 79.2 Å². The number of rotatable bonds is 1. The van der Waals surface area contributed by atoms with Gasteiger partial charge in [0.15, 0.2) is 0 Å². The molecule has 0 saturated heterocycles. The molecule has 0 bridgehead atoms. The van der Waals surface area contributed by atoms with E-state index < -0.39 is 0 Å². The summed E-state index contributed by atoms with van der Waals surface area (Å²) in [7, 11) is 0. The minimum Gasteiger partial charge on any atom is -0.0754 e. The molecule has 0 saturated carbocycles. The average Bonchev–Trinajstić information content (AvgIpc) is 2.95. The first-order valence-electron chi connectivity index (χ1n) is 6.56. The van der Waals surface area contributed by atoms with E-state index in [0.29, 0.717) is 0 Å². The van der Waals surface area contributed by atoms with Crippen LogP contribution in [0.4, 0.5) is 0 Å². The Kier molecular flexibility index (Phi) is 3.72. The Balaban J connectivity index is 0.00000121. The van der Waals surface area contributed by atoms with E-state index in [0.717, 1.165) is 0 Å². The fourth-order valence-electron chi connectivity index (χ4n) is 2.86. The number of hydrogen-bond acceptors (Lipinski definition) is 0. The van der Waals surface area contributed by atoms with Gasteiger partial charge in [-0.15, -0.1) is 0 Å². The van der Waals surface area contributed by atoms with E-state index in [1.54, 1.807) is 0 Å². The maximum atomic E-state index is 2.21. The minimum absolute atomic E-state index is 0. The van der Waals surface area contributed by atoms with Gasteiger partial charge in [0.1, 0.15) is 0 Å². The number of benzene rings is 3. The van der Waals surface area contributed by atoms with Crippen molar-refractivity contribution in [3.8, 4) is 11.1 Å². The molecular weight excluding hydrogens is 319 g/mol. The Bertz CT molecular complexity index is 794. The fraction of sp³-hybridized carbons (Fsp3) is 0. The largest absolute Gasteiger partial charge is 0.0754 e. The zero-order valence-corrected chi connectivity index (χ0v) is 13.5. The van der Waals surface area contributed by atoms with E-state index in [1.165, 1.54) is 33.0 Å². The molecule has 4 rings (SSSR count). The van der Waals surface area contributed by atoms with Crippen molar-refractivity contribution >= 4 is 16.8 Å². The van der Waals surface area contributed by atoms with Gasteiger partial charge in [0, 0.05) is 32.6 Å². The van der Waals surface area contributed by atoms with Crippen LogP contribution in [0.15, 0.2) is 66.7 Å². The van der Waals surface area contributed by atoms with Gasteiger partial charge in [-0.25, -0.2) is 0 Å². The van der Waals surface area contributed by atoms with E-state index in [4.69, 9.17) is 0 Å². The second-order valence-electron chi connectivity index (χ2n) is 4.86. The van der Waals surface area contributed by atoms with Crippen LogP contribution in [0.3, 0.4) is 0 Å². The molecule has 0 spiro atoms. The van der Waals surface area contributed by atoms with Crippen LogP contribution in [0.2, 0.25) is 0 Å². The molecule has 1 heteroatoms. The third kappa shape index (κ3) is 2.11. The van der Waals surface area contributed by atoms with Gasteiger partial charge in [0.25, 0.3) is 0 Å². The topological polar surface area (TPSA) is 0 Å². The van der Waals surface area contributed by atoms with Crippen molar-refractivity contribution < 1.29 is 26.2 Å². The van der Waals surface area contributed by atoms with Crippen molar-refractivity contribution in [3.05, 3.63) is 84.3 Å². The van der Waals surface area contributed by atoms with Crippen LogP contribution in [0.1, 0.15) is 11.1 Å². The van der Waals surface area contributed by atoms with Gasteiger partial charge in [0.05, 0.1) is 0 Å². The average molecular weight is 333 g/mol. The quantitative estimate of drug-likeness (QED) is 0.583. The van der Waals surface area contributed by atoms with Crippen LogP contribution in [0, 0.1) is 6.42 Å². The standard InChI is InChI=1S/C19H13.Zr/c1-2-10-16-14(6-1)8-4-12-18(16)19-13-5-9-15-7-3-11-17(15)19;/h1-13H;. The second kappa shape index (κ2) is 5.50. The van der Waals surface area contributed by atoms with Crippen molar-refractivity contribution in [2.45, 2.75) is 0 Å². The Labute approximate surface area is 138 Å². The van der Waals surface area contributed by atoms with Crippen LogP contribution in [0.25, 0.3) is 28.0 Å². The predicted octanol–water partition coefficient (Wildman–Crippen LogP) is 5.08. The van der Waals surface area contributed by atoms with Crippen molar-refractivity contribution in [2.75, 3.05) is 0 Å². The molecule has 0 aromatic heterocycles. The van der Waals surface area contributed by atoms with Crippen LogP contribution >= 0.6 is 0 Å². The van der Waals surface area contributed by atoms with Crippen molar-refractivity contribution in [1.82, 2.24) is 0 Å². The van der Waals surface area contributed by atoms with Crippen molar-refractivity contribution in [3.63, 3.8) is 0 Å². The Morgan fingerprint density at radius 3 is 2.35 bits per heavy atom. The molecule has 0 N–H and O–H groups in total. The predicted molar refractivity (Wildman–Crippen MR) is 81.8 cm³/mol. The summed E-state index contributed by atoms with van der Waals surface area (Å²) in [5.74, 6) is 0. The summed E-state index contributed by atoms with van der Waals surface area (Å²) < 4.78 is 0. The van der Waals surface area contributed by atoms with Gasteiger partial charge in [-0.1, -0.05) is 72.8 Å². The van der Waals surface area contributed by atoms with Gasteiger partial charge < -0.3 is 0 Å². The molecular formula is C19H13Zr. The summed E-state index contributed by atoms with van der Waals surface area (Å²) in [5, 5.41) is 2.61. The zero-order valence-electron chi connectivity index (χ0n) is 11.0. The second-order valence-corrected chi connectivity index (χ2v) is 4.86. The molecule has 1 aliphatic carbocycles. The number of fused-ring (bicyclic) bond motifs is 2. The van der Waals surface area contributed by atoms with Gasteiger partial charge in [-0.05, 0) is 33.0 Å². The minimum atomic E-state index is 0. The molecule has 0 unspecified atom stereocenters. The van der Waals surface area contributed by atoms with Crippen LogP contribution < -0.4 is 0 Å². The Morgan fingerprint density at radius 2 is 1.40 bits per heavy atom. The summed E-state index contributed by atoms with van der Waals surface area (Å²) in [4.78, 5) is 0. The molecule has 0 atom stereocenters. The fourth-order valence-corrected chi connectivity index (χ4v) is 2.86. The Morgan fingerprint density at radius 1 is 0.650 bits per heavy atom. The van der Waals surface area contributed by atoms with Crippen molar-refractivity contribution in [2.24, 2.45) is 0 Å². The summed E-state index contributed by atoms with van der Waals surface area (Å²) in [6, 6.07) is 21.6. The van der Waals surface area contributed by atoms with Crippen LogP contribution in [0.5, 0.6) is 0 Å².